The molecule has 3 heteroatoms. The van der Waals surface area contributed by atoms with Gasteiger partial charge in [0.2, 0.25) is 0 Å². The highest BCUT2D eigenvalue weighted by molar-refractivity contribution is 7.86. The molecule has 0 spiro atoms. The van der Waals surface area contributed by atoms with E-state index in [2.05, 4.69) is 32.6 Å². The van der Waals surface area contributed by atoms with Gasteiger partial charge in [0.1, 0.15) is 6.61 Å². The van der Waals surface area contributed by atoms with Crippen LogP contribution >= 0.6 is 0 Å². The maximum Gasteiger partial charge on any atom is 0.108 e. The van der Waals surface area contributed by atoms with Crippen LogP contribution in [0.25, 0.3) is 0 Å². The zero-order valence-corrected chi connectivity index (χ0v) is 13.0. The molecule has 0 aliphatic heterocycles. The van der Waals surface area contributed by atoms with E-state index in [-0.39, 0.29) is 16.3 Å². The summed E-state index contributed by atoms with van der Waals surface area (Å²) in [6.07, 6.45) is -0.0246. The molecule has 0 bridgehead atoms. The van der Waals surface area contributed by atoms with Crippen LogP contribution in [0.1, 0.15) is 48.5 Å². The molecule has 0 aliphatic rings. The SMILES string of the molecule is CC#CCO[C@@H](C[S@](=O)C(C)(C)C)C(C)(C)C. The first kappa shape index (κ1) is 16.7. The predicted octanol–water partition coefficient (Wildman–Crippen LogP) is 2.99. The van der Waals surface area contributed by atoms with Crippen molar-refractivity contribution >= 4 is 10.8 Å². The Kier molecular flexibility index (Phi) is 6.43. The van der Waals surface area contributed by atoms with Crippen LogP contribution in [0.3, 0.4) is 0 Å². The first-order valence-corrected chi connectivity index (χ1v) is 7.30. The lowest BCUT2D eigenvalue weighted by Gasteiger charge is -2.32. The molecule has 2 atom stereocenters. The molecule has 0 N–H and O–H groups in total. The molecular formula is C14H26O2S. The largest absolute Gasteiger partial charge is 0.364 e. The topological polar surface area (TPSA) is 26.3 Å². The summed E-state index contributed by atoms with van der Waals surface area (Å²) in [5.41, 5.74) is -0.0175. The molecule has 0 aromatic rings. The van der Waals surface area contributed by atoms with E-state index in [1.54, 1.807) is 6.92 Å². The Hall–Kier alpha value is -0.330. The van der Waals surface area contributed by atoms with E-state index in [9.17, 15) is 4.21 Å². The molecular weight excluding hydrogens is 232 g/mol. The maximum absolute atomic E-state index is 12.1. The molecule has 0 radical (unpaired) electrons. The molecule has 17 heavy (non-hydrogen) atoms. The van der Waals surface area contributed by atoms with Gasteiger partial charge in [0.05, 0.1) is 11.9 Å². The Bertz CT molecular complexity index is 310. The quantitative estimate of drug-likeness (QED) is 0.725. The first-order valence-electron chi connectivity index (χ1n) is 5.98. The number of ether oxygens (including phenoxy) is 1. The predicted molar refractivity (Wildman–Crippen MR) is 75.4 cm³/mol. The third kappa shape index (κ3) is 6.85. The summed E-state index contributed by atoms with van der Waals surface area (Å²) in [6.45, 7) is 14.5. The van der Waals surface area contributed by atoms with Crippen LogP contribution in [0.4, 0.5) is 0 Å². The average Bonchev–Trinajstić information content (AvgIpc) is 2.13. The van der Waals surface area contributed by atoms with Gasteiger partial charge in [0.25, 0.3) is 0 Å². The van der Waals surface area contributed by atoms with Gasteiger partial charge >= 0.3 is 0 Å². The molecule has 0 amide bonds. The average molecular weight is 258 g/mol. The van der Waals surface area contributed by atoms with E-state index in [4.69, 9.17) is 4.74 Å². The molecule has 0 aromatic carbocycles. The van der Waals surface area contributed by atoms with Gasteiger partial charge in [0, 0.05) is 15.5 Å². The normalized spacial score (nSPS) is 15.9. The number of hydrogen-bond acceptors (Lipinski definition) is 2. The van der Waals surface area contributed by atoms with Crippen molar-refractivity contribution in [1.29, 1.82) is 0 Å². The van der Waals surface area contributed by atoms with Crippen molar-refractivity contribution in [3.8, 4) is 11.8 Å². The van der Waals surface area contributed by atoms with Crippen molar-refractivity contribution in [1.82, 2.24) is 0 Å². The smallest absolute Gasteiger partial charge is 0.108 e. The molecule has 0 rings (SSSR count). The van der Waals surface area contributed by atoms with Gasteiger partial charge in [-0.15, -0.1) is 5.92 Å². The molecule has 0 fully saturated rings. The zero-order valence-electron chi connectivity index (χ0n) is 12.2. The summed E-state index contributed by atoms with van der Waals surface area (Å²) < 4.78 is 17.7. The minimum atomic E-state index is -0.892. The monoisotopic (exact) mass is 258 g/mol. The highest BCUT2D eigenvalue weighted by Crippen LogP contribution is 2.25. The molecule has 0 aliphatic carbocycles. The summed E-state index contributed by atoms with van der Waals surface area (Å²) in [5, 5.41) is 0. The van der Waals surface area contributed by atoms with Crippen molar-refractivity contribution in [2.75, 3.05) is 12.4 Å². The first-order chi connectivity index (χ1) is 7.59. The Balaban J connectivity index is 4.60. The van der Waals surface area contributed by atoms with Gasteiger partial charge in [-0.25, -0.2) is 0 Å². The second-order valence-corrected chi connectivity index (χ2v) is 8.47. The molecule has 0 unspecified atom stereocenters. The van der Waals surface area contributed by atoms with Gasteiger partial charge in [-0.1, -0.05) is 26.7 Å². The third-order valence-electron chi connectivity index (χ3n) is 2.49. The molecule has 0 heterocycles. The fraction of sp³-hybridized carbons (Fsp3) is 0.857. The minimum Gasteiger partial charge on any atom is -0.364 e. The molecule has 2 nitrogen and oxygen atoms in total. The van der Waals surface area contributed by atoms with Gasteiger partial charge < -0.3 is 4.74 Å². The molecule has 0 aromatic heterocycles. The number of rotatable bonds is 4. The van der Waals surface area contributed by atoms with Crippen LogP contribution in [-0.4, -0.2) is 27.4 Å². The van der Waals surface area contributed by atoms with Crippen LogP contribution in [0.15, 0.2) is 0 Å². The van der Waals surface area contributed by atoms with Gasteiger partial charge in [0.15, 0.2) is 0 Å². The molecule has 0 saturated carbocycles. The Labute approximate surface area is 109 Å². The highest BCUT2D eigenvalue weighted by Gasteiger charge is 2.30. The summed E-state index contributed by atoms with van der Waals surface area (Å²) in [7, 11) is -0.892. The maximum atomic E-state index is 12.1. The van der Waals surface area contributed by atoms with Crippen LogP contribution in [0.5, 0.6) is 0 Å². The van der Waals surface area contributed by atoms with Crippen molar-refractivity contribution in [3.63, 3.8) is 0 Å². The second-order valence-electron chi connectivity index (χ2n) is 6.22. The molecule has 100 valence electrons. The van der Waals surface area contributed by atoms with Gasteiger partial charge in [-0.05, 0) is 33.1 Å². The summed E-state index contributed by atoms with van der Waals surface area (Å²) in [5.74, 6) is 6.27. The van der Waals surface area contributed by atoms with Crippen LogP contribution in [0, 0.1) is 17.3 Å². The Morgan fingerprint density at radius 3 is 2.06 bits per heavy atom. The summed E-state index contributed by atoms with van der Waals surface area (Å²) >= 11 is 0. The van der Waals surface area contributed by atoms with Crippen LogP contribution in [-0.2, 0) is 15.5 Å². The zero-order chi connectivity index (χ0) is 13.7. The second kappa shape index (κ2) is 6.56. The summed E-state index contributed by atoms with van der Waals surface area (Å²) in [6, 6.07) is 0. The fourth-order valence-corrected chi connectivity index (χ4v) is 2.52. The van der Waals surface area contributed by atoms with Gasteiger partial charge in [-0.2, -0.15) is 0 Å². The van der Waals surface area contributed by atoms with Crippen LogP contribution < -0.4 is 0 Å². The van der Waals surface area contributed by atoms with Crippen molar-refractivity contribution in [2.24, 2.45) is 5.41 Å². The summed E-state index contributed by atoms with van der Waals surface area (Å²) in [4.78, 5) is 0. The minimum absolute atomic E-state index is 0.0175. The van der Waals surface area contributed by atoms with E-state index in [0.717, 1.165) is 0 Å². The van der Waals surface area contributed by atoms with Crippen molar-refractivity contribution < 1.29 is 8.95 Å². The van der Waals surface area contributed by atoms with Crippen LogP contribution in [0.2, 0.25) is 0 Å². The lowest BCUT2D eigenvalue weighted by atomic mass is 9.90. The van der Waals surface area contributed by atoms with Crippen molar-refractivity contribution in [2.45, 2.75) is 59.3 Å². The third-order valence-corrected chi connectivity index (χ3v) is 4.46. The Morgan fingerprint density at radius 2 is 1.71 bits per heavy atom. The Morgan fingerprint density at radius 1 is 1.18 bits per heavy atom. The molecule has 0 saturated heterocycles. The lowest BCUT2D eigenvalue weighted by Crippen LogP contribution is -2.38. The van der Waals surface area contributed by atoms with E-state index in [1.165, 1.54) is 0 Å². The van der Waals surface area contributed by atoms with E-state index in [1.807, 2.05) is 20.8 Å². The van der Waals surface area contributed by atoms with Crippen molar-refractivity contribution in [3.05, 3.63) is 0 Å². The number of hydrogen-bond donors (Lipinski definition) is 0. The standard InChI is InChI=1S/C14H26O2S/c1-8-9-10-16-12(13(2,3)4)11-17(15)14(5,6)7/h12H,10-11H2,1-7H3/t12-,17-/m0/s1. The van der Waals surface area contributed by atoms with E-state index < -0.39 is 10.8 Å². The fourth-order valence-electron chi connectivity index (χ4n) is 1.15. The highest BCUT2D eigenvalue weighted by atomic mass is 32.2. The lowest BCUT2D eigenvalue weighted by molar-refractivity contribution is 0.0159. The van der Waals surface area contributed by atoms with E-state index >= 15 is 0 Å². The van der Waals surface area contributed by atoms with Gasteiger partial charge in [-0.3, -0.25) is 4.21 Å². The van der Waals surface area contributed by atoms with E-state index in [0.29, 0.717) is 12.4 Å².